The highest BCUT2D eigenvalue weighted by Gasteiger charge is 2.23. The first-order valence-corrected chi connectivity index (χ1v) is 4.16. The Morgan fingerprint density at radius 3 is 3.00 bits per heavy atom. The Labute approximate surface area is 74.8 Å². The van der Waals surface area contributed by atoms with E-state index in [4.69, 9.17) is 5.11 Å². The Morgan fingerprint density at radius 2 is 2.31 bits per heavy atom. The molecule has 0 unspecified atom stereocenters. The Bertz CT molecular complexity index is 378. The van der Waals surface area contributed by atoms with Crippen molar-refractivity contribution in [3.63, 3.8) is 0 Å². The zero-order valence-corrected chi connectivity index (χ0v) is 6.99. The van der Waals surface area contributed by atoms with Crippen molar-refractivity contribution in [1.29, 1.82) is 0 Å². The Balaban J connectivity index is 2.56. The minimum Gasteiger partial charge on any atom is -0.478 e. The van der Waals surface area contributed by atoms with E-state index in [9.17, 15) is 9.59 Å². The van der Waals surface area contributed by atoms with Gasteiger partial charge < -0.3 is 9.67 Å². The van der Waals surface area contributed by atoms with Crippen LogP contribution in [0.5, 0.6) is 0 Å². The van der Waals surface area contributed by atoms with Crippen molar-refractivity contribution in [3.05, 3.63) is 23.5 Å². The fourth-order valence-corrected chi connectivity index (χ4v) is 1.67. The van der Waals surface area contributed by atoms with Crippen LogP contribution in [-0.4, -0.2) is 21.4 Å². The molecule has 4 heteroatoms. The molecule has 2 rings (SSSR count). The number of carbonyl (C=O) groups is 2. The quantitative estimate of drug-likeness (QED) is 0.703. The maximum absolute atomic E-state index is 11.4. The number of rotatable bonds is 1. The Hall–Kier alpha value is -1.58. The molecular weight excluding hydrogens is 170 g/mol. The van der Waals surface area contributed by atoms with Crippen molar-refractivity contribution < 1.29 is 14.7 Å². The van der Waals surface area contributed by atoms with E-state index in [1.165, 1.54) is 6.07 Å². The minimum absolute atomic E-state index is 0.0614. The van der Waals surface area contributed by atoms with Crippen molar-refractivity contribution in [2.45, 2.75) is 19.4 Å². The smallest absolute Gasteiger partial charge is 0.338 e. The molecule has 68 valence electrons. The fourth-order valence-electron chi connectivity index (χ4n) is 1.67. The summed E-state index contributed by atoms with van der Waals surface area (Å²) in [5.74, 6) is -1.09. The number of Topliss-reactive ketones (excluding diaryl/α,β-unsaturated/α-hetero) is 1. The lowest BCUT2D eigenvalue weighted by atomic mass is 10.1. The van der Waals surface area contributed by atoms with Gasteiger partial charge in [0.1, 0.15) is 0 Å². The maximum atomic E-state index is 11.4. The molecule has 4 nitrogen and oxygen atoms in total. The second-order valence-corrected chi connectivity index (χ2v) is 3.10. The first-order chi connectivity index (χ1) is 6.20. The van der Waals surface area contributed by atoms with Crippen molar-refractivity contribution in [2.24, 2.45) is 0 Å². The van der Waals surface area contributed by atoms with Gasteiger partial charge in [0.2, 0.25) is 0 Å². The molecule has 1 aliphatic heterocycles. The molecule has 1 aromatic heterocycles. The molecule has 2 heterocycles. The van der Waals surface area contributed by atoms with Gasteiger partial charge in [0.05, 0.1) is 11.3 Å². The van der Waals surface area contributed by atoms with Crippen LogP contribution >= 0.6 is 0 Å². The number of carbonyl (C=O) groups excluding carboxylic acids is 1. The second-order valence-electron chi connectivity index (χ2n) is 3.10. The zero-order chi connectivity index (χ0) is 9.42. The second kappa shape index (κ2) is 2.73. The molecule has 0 saturated heterocycles. The number of ketones is 1. The first-order valence-electron chi connectivity index (χ1n) is 4.16. The predicted octanol–water partition coefficient (Wildman–Crippen LogP) is 1.16. The third-order valence-corrected chi connectivity index (χ3v) is 2.26. The standard InChI is InChI=1S/C9H9NO3/c11-7-2-1-4-10-5-3-6(8(7)10)9(12)13/h3,5H,1-2,4H2,(H,12,13). The van der Waals surface area contributed by atoms with E-state index < -0.39 is 5.97 Å². The number of aromatic carboxylic acids is 1. The van der Waals surface area contributed by atoms with Crippen LogP contribution in [0.15, 0.2) is 12.3 Å². The molecular formula is C9H9NO3. The van der Waals surface area contributed by atoms with Crippen molar-refractivity contribution >= 4 is 11.8 Å². The van der Waals surface area contributed by atoms with E-state index in [1.54, 1.807) is 10.8 Å². The van der Waals surface area contributed by atoms with Crippen LogP contribution in [0.2, 0.25) is 0 Å². The minimum atomic E-state index is -1.02. The third kappa shape index (κ3) is 1.14. The topological polar surface area (TPSA) is 59.3 Å². The Kier molecular flexibility index (Phi) is 1.69. The highest BCUT2D eigenvalue weighted by molar-refractivity contribution is 6.05. The summed E-state index contributed by atoms with van der Waals surface area (Å²) in [6.45, 7) is 0.744. The normalized spacial score (nSPS) is 15.5. The van der Waals surface area contributed by atoms with Gasteiger partial charge in [-0.15, -0.1) is 0 Å². The summed E-state index contributed by atoms with van der Waals surface area (Å²) in [5, 5.41) is 8.78. The average molecular weight is 179 g/mol. The van der Waals surface area contributed by atoms with Crippen molar-refractivity contribution in [2.75, 3.05) is 0 Å². The van der Waals surface area contributed by atoms with Crippen LogP contribution < -0.4 is 0 Å². The summed E-state index contributed by atoms with van der Waals surface area (Å²) in [6.07, 6.45) is 2.93. The number of nitrogens with zero attached hydrogens (tertiary/aromatic N) is 1. The first kappa shape index (κ1) is 8.04. The number of aromatic nitrogens is 1. The molecule has 0 aliphatic carbocycles. The number of carboxylic acid groups (broad SMARTS) is 1. The summed E-state index contributed by atoms with van der Waals surface area (Å²) < 4.78 is 1.72. The monoisotopic (exact) mass is 179 g/mol. The molecule has 0 aromatic carbocycles. The molecule has 1 aliphatic rings. The van der Waals surface area contributed by atoms with Gasteiger partial charge >= 0.3 is 5.97 Å². The van der Waals surface area contributed by atoms with Gasteiger partial charge in [-0.3, -0.25) is 4.79 Å². The van der Waals surface area contributed by atoms with Crippen LogP contribution in [0.4, 0.5) is 0 Å². The zero-order valence-electron chi connectivity index (χ0n) is 6.99. The van der Waals surface area contributed by atoms with Gasteiger partial charge in [0, 0.05) is 19.2 Å². The van der Waals surface area contributed by atoms with Crippen LogP contribution in [-0.2, 0) is 6.54 Å². The number of hydrogen-bond donors (Lipinski definition) is 1. The van der Waals surface area contributed by atoms with E-state index in [2.05, 4.69) is 0 Å². The average Bonchev–Trinajstić information content (AvgIpc) is 2.49. The number of fused-ring (bicyclic) bond motifs is 1. The predicted molar refractivity (Wildman–Crippen MR) is 45.0 cm³/mol. The van der Waals surface area contributed by atoms with Gasteiger partial charge in [0.25, 0.3) is 0 Å². The van der Waals surface area contributed by atoms with E-state index >= 15 is 0 Å². The molecule has 0 amide bonds. The lowest BCUT2D eigenvalue weighted by Crippen LogP contribution is -2.18. The van der Waals surface area contributed by atoms with E-state index in [1.807, 2.05) is 0 Å². The SMILES string of the molecule is O=C(O)c1ccn2c1C(=O)CCC2. The molecule has 0 saturated carbocycles. The molecule has 1 aromatic rings. The summed E-state index contributed by atoms with van der Waals surface area (Å²) in [7, 11) is 0. The van der Waals surface area contributed by atoms with Crippen molar-refractivity contribution in [1.82, 2.24) is 4.57 Å². The molecule has 0 atom stereocenters. The van der Waals surface area contributed by atoms with Gasteiger partial charge in [-0.25, -0.2) is 4.79 Å². The highest BCUT2D eigenvalue weighted by Crippen LogP contribution is 2.19. The molecule has 0 fully saturated rings. The van der Waals surface area contributed by atoms with Gasteiger partial charge in [-0.2, -0.15) is 0 Å². The fraction of sp³-hybridized carbons (Fsp3) is 0.333. The number of hydrogen-bond acceptors (Lipinski definition) is 2. The molecule has 0 spiro atoms. The van der Waals surface area contributed by atoms with Gasteiger partial charge in [-0.05, 0) is 12.5 Å². The third-order valence-electron chi connectivity index (χ3n) is 2.26. The van der Waals surface area contributed by atoms with E-state index in [0.29, 0.717) is 12.1 Å². The molecule has 13 heavy (non-hydrogen) atoms. The Morgan fingerprint density at radius 1 is 1.54 bits per heavy atom. The summed E-state index contributed by atoms with van der Waals surface area (Å²) >= 11 is 0. The summed E-state index contributed by atoms with van der Waals surface area (Å²) in [5.41, 5.74) is 0.489. The van der Waals surface area contributed by atoms with E-state index in [-0.39, 0.29) is 11.3 Å². The van der Waals surface area contributed by atoms with Crippen LogP contribution in [0.25, 0.3) is 0 Å². The molecule has 0 bridgehead atoms. The summed E-state index contributed by atoms with van der Waals surface area (Å²) in [4.78, 5) is 22.1. The highest BCUT2D eigenvalue weighted by atomic mass is 16.4. The van der Waals surface area contributed by atoms with Gasteiger partial charge in [0.15, 0.2) is 5.78 Å². The number of carboxylic acids is 1. The number of aryl methyl sites for hydroxylation is 1. The van der Waals surface area contributed by atoms with E-state index in [0.717, 1.165) is 13.0 Å². The van der Waals surface area contributed by atoms with Crippen LogP contribution in [0.1, 0.15) is 33.7 Å². The lowest BCUT2D eigenvalue weighted by molar-refractivity contribution is 0.0690. The van der Waals surface area contributed by atoms with Gasteiger partial charge in [-0.1, -0.05) is 0 Å². The molecule has 1 N–H and O–H groups in total. The van der Waals surface area contributed by atoms with Crippen LogP contribution in [0.3, 0.4) is 0 Å². The van der Waals surface area contributed by atoms with Crippen LogP contribution in [0, 0.1) is 0 Å². The summed E-state index contributed by atoms with van der Waals surface area (Å²) in [6, 6.07) is 1.49. The lowest BCUT2D eigenvalue weighted by Gasteiger charge is -2.14. The van der Waals surface area contributed by atoms with Crippen molar-refractivity contribution in [3.8, 4) is 0 Å². The largest absolute Gasteiger partial charge is 0.478 e. The molecule has 0 radical (unpaired) electrons. The maximum Gasteiger partial charge on any atom is 0.338 e.